The van der Waals surface area contributed by atoms with Crippen LogP contribution in [-0.4, -0.2) is 5.91 Å². The van der Waals surface area contributed by atoms with Gasteiger partial charge in [-0.3, -0.25) is 4.79 Å². The Hall–Kier alpha value is -2.58. The van der Waals surface area contributed by atoms with Crippen molar-refractivity contribution in [1.29, 1.82) is 0 Å². The number of carbonyl (C=O) groups excluding carboxylic acids is 1. The molecule has 2 nitrogen and oxygen atoms in total. The Morgan fingerprint density at radius 1 is 0.875 bits per heavy atom. The number of nitrogens with zero attached hydrogens (tertiary/aromatic N) is 1. The van der Waals surface area contributed by atoms with Gasteiger partial charge in [-0.1, -0.05) is 59.6 Å². The van der Waals surface area contributed by atoms with Crippen molar-refractivity contribution in [2.45, 2.75) is 13.5 Å². The number of anilines is 1. The maximum atomic E-state index is 13.0. The second kappa shape index (κ2) is 7.33. The summed E-state index contributed by atoms with van der Waals surface area (Å²) in [4.78, 5) is 14.8. The van der Waals surface area contributed by atoms with Gasteiger partial charge in [0, 0.05) is 16.3 Å². The van der Waals surface area contributed by atoms with Crippen molar-refractivity contribution in [3.63, 3.8) is 0 Å². The highest BCUT2D eigenvalue weighted by molar-refractivity contribution is 6.30. The molecule has 0 aliphatic heterocycles. The molecule has 0 atom stereocenters. The first-order valence-electron chi connectivity index (χ1n) is 7.81. The molecule has 0 bridgehead atoms. The molecule has 3 aromatic rings. The molecule has 3 aromatic carbocycles. The van der Waals surface area contributed by atoms with Gasteiger partial charge < -0.3 is 4.90 Å². The van der Waals surface area contributed by atoms with Crippen LogP contribution in [0.25, 0.3) is 0 Å². The third-order valence-electron chi connectivity index (χ3n) is 3.87. The van der Waals surface area contributed by atoms with Crippen molar-refractivity contribution in [2.75, 3.05) is 4.90 Å². The van der Waals surface area contributed by atoms with E-state index in [1.807, 2.05) is 85.8 Å². The van der Waals surface area contributed by atoms with Gasteiger partial charge in [0.05, 0.1) is 6.54 Å². The van der Waals surface area contributed by atoms with Crippen LogP contribution >= 0.6 is 11.6 Å². The van der Waals surface area contributed by atoms with Crippen LogP contribution in [0.2, 0.25) is 5.02 Å². The molecule has 24 heavy (non-hydrogen) atoms. The first-order valence-corrected chi connectivity index (χ1v) is 8.19. The van der Waals surface area contributed by atoms with E-state index in [1.54, 1.807) is 4.90 Å². The number of para-hydroxylation sites is 1. The molecular weight excluding hydrogens is 318 g/mol. The molecule has 0 heterocycles. The number of rotatable bonds is 4. The third-order valence-corrected chi connectivity index (χ3v) is 4.12. The zero-order chi connectivity index (χ0) is 16.9. The maximum Gasteiger partial charge on any atom is 0.258 e. The Bertz CT molecular complexity index is 811. The van der Waals surface area contributed by atoms with Gasteiger partial charge in [-0.15, -0.1) is 0 Å². The summed E-state index contributed by atoms with van der Waals surface area (Å²) in [6, 6.07) is 24.9. The average Bonchev–Trinajstić information content (AvgIpc) is 2.62. The Labute approximate surface area is 147 Å². The van der Waals surface area contributed by atoms with Gasteiger partial charge in [-0.05, 0) is 48.9 Å². The van der Waals surface area contributed by atoms with E-state index in [0.29, 0.717) is 17.1 Å². The molecule has 1 amide bonds. The predicted molar refractivity (Wildman–Crippen MR) is 99.6 cm³/mol. The molecule has 0 saturated carbocycles. The van der Waals surface area contributed by atoms with E-state index >= 15 is 0 Å². The summed E-state index contributed by atoms with van der Waals surface area (Å²) in [5.74, 6) is -0.0175. The zero-order valence-electron chi connectivity index (χ0n) is 13.4. The van der Waals surface area contributed by atoms with Gasteiger partial charge in [0.1, 0.15) is 0 Å². The summed E-state index contributed by atoms with van der Waals surface area (Å²) in [7, 11) is 0. The smallest absolute Gasteiger partial charge is 0.258 e. The topological polar surface area (TPSA) is 20.3 Å². The van der Waals surface area contributed by atoms with E-state index < -0.39 is 0 Å². The molecule has 0 N–H and O–H groups in total. The predicted octanol–water partition coefficient (Wildman–Crippen LogP) is 5.50. The Morgan fingerprint density at radius 3 is 2.12 bits per heavy atom. The van der Waals surface area contributed by atoms with Crippen LogP contribution in [0.1, 0.15) is 21.5 Å². The van der Waals surface area contributed by atoms with Crippen molar-refractivity contribution in [3.8, 4) is 0 Å². The second-order valence-corrected chi connectivity index (χ2v) is 6.16. The molecular formula is C21H18ClNO. The summed E-state index contributed by atoms with van der Waals surface area (Å²) in [6.45, 7) is 2.50. The molecule has 0 fully saturated rings. The number of benzene rings is 3. The van der Waals surface area contributed by atoms with Crippen LogP contribution < -0.4 is 4.90 Å². The third kappa shape index (κ3) is 3.84. The summed E-state index contributed by atoms with van der Waals surface area (Å²) in [5.41, 5.74) is 3.72. The molecule has 0 aliphatic carbocycles. The first-order chi connectivity index (χ1) is 11.6. The summed E-state index contributed by atoms with van der Waals surface area (Å²) >= 11 is 5.96. The summed E-state index contributed by atoms with van der Waals surface area (Å²) < 4.78 is 0. The number of carbonyl (C=O) groups is 1. The van der Waals surface area contributed by atoms with Crippen LogP contribution in [0, 0.1) is 6.92 Å². The van der Waals surface area contributed by atoms with Crippen LogP contribution in [-0.2, 0) is 6.54 Å². The standard InChI is InChI=1S/C21H18ClNO/c1-16-7-11-18(12-8-16)21(24)23(20-5-3-2-4-6-20)15-17-9-13-19(22)14-10-17/h2-14H,15H2,1H3. The largest absolute Gasteiger partial charge is 0.304 e. The first kappa shape index (κ1) is 16.3. The highest BCUT2D eigenvalue weighted by Crippen LogP contribution is 2.21. The monoisotopic (exact) mass is 335 g/mol. The fourth-order valence-electron chi connectivity index (χ4n) is 2.51. The molecule has 0 aromatic heterocycles. The fraction of sp³-hybridized carbons (Fsp3) is 0.0952. The zero-order valence-corrected chi connectivity index (χ0v) is 14.2. The highest BCUT2D eigenvalue weighted by Gasteiger charge is 2.18. The van der Waals surface area contributed by atoms with Gasteiger partial charge in [0.15, 0.2) is 0 Å². The lowest BCUT2D eigenvalue weighted by atomic mass is 10.1. The molecule has 0 saturated heterocycles. The number of aryl methyl sites for hydroxylation is 1. The van der Waals surface area contributed by atoms with Gasteiger partial charge >= 0.3 is 0 Å². The molecule has 0 aliphatic rings. The van der Waals surface area contributed by atoms with Crippen LogP contribution in [0.5, 0.6) is 0 Å². The minimum absolute atomic E-state index is 0.0175. The Morgan fingerprint density at radius 2 is 1.50 bits per heavy atom. The SMILES string of the molecule is Cc1ccc(C(=O)N(Cc2ccc(Cl)cc2)c2ccccc2)cc1. The molecule has 0 unspecified atom stereocenters. The van der Waals surface area contributed by atoms with Crippen LogP contribution in [0.3, 0.4) is 0 Å². The van der Waals surface area contributed by atoms with E-state index in [-0.39, 0.29) is 5.91 Å². The average molecular weight is 336 g/mol. The van der Waals surface area contributed by atoms with Crippen molar-refractivity contribution < 1.29 is 4.79 Å². The summed E-state index contributed by atoms with van der Waals surface area (Å²) in [5, 5.41) is 0.690. The quantitative estimate of drug-likeness (QED) is 0.617. The Kier molecular flexibility index (Phi) is 4.97. The van der Waals surface area contributed by atoms with E-state index in [9.17, 15) is 4.79 Å². The van der Waals surface area contributed by atoms with E-state index in [0.717, 1.165) is 16.8 Å². The lowest BCUT2D eigenvalue weighted by Crippen LogP contribution is -2.30. The molecule has 3 rings (SSSR count). The minimum atomic E-state index is -0.0175. The van der Waals surface area contributed by atoms with E-state index in [1.165, 1.54) is 0 Å². The van der Waals surface area contributed by atoms with Gasteiger partial charge in [-0.25, -0.2) is 0 Å². The fourth-order valence-corrected chi connectivity index (χ4v) is 2.64. The lowest BCUT2D eigenvalue weighted by Gasteiger charge is -2.23. The van der Waals surface area contributed by atoms with E-state index in [4.69, 9.17) is 11.6 Å². The van der Waals surface area contributed by atoms with Crippen molar-refractivity contribution in [3.05, 3.63) is 101 Å². The molecule has 120 valence electrons. The van der Waals surface area contributed by atoms with Crippen LogP contribution in [0.4, 0.5) is 5.69 Å². The number of amides is 1. The van der Waals surface area contributed by atoms with Crippen LogP contribution in [0.15, 0.2) is 78.9 Å². The Balaban J connectivity index is 1.94. The van der Waals surface area contributed by atoms with Crippen molar-refractivity contribution in [1.82, 2.24) is 0 Å². The second-order valence-electron chi connectivity index (χ2n) is 5.72. The molecule has 0 radical (unpaired) electrons. The molecule has 0 spiro atoms. The number of halogens is 1. The van der Waals surface area contributed by atoms with Crippen molar-refractivity contribution >= 4 is 23.2 Å². The number of hydrogen-bond donors (Lipinski definition) is 0. The van der Waals surface area contributed by atoms with Gasteiger partial charge in [0.2, 0.25) is 0 Å². The normalized spacial score (nSPS) is 10.4. The summed E-state index contributed by atoms with van der Waals surface area (Å²) in [6.07, 6.45) is 0. The maximum absolute atomic E-state index is 13.0. The van der Waals surface area contributed by atoms with Gasteiger partial charge in [0.25, 0.3) is 5.91 Å². The van der Waals surface area contributed by atoms with Gasteiger partial charge in [-0.2, -0.15) is 0 Å². The lowest BCUT2D eigenvalue weighted by molar-refractivity contribution is 0.0985. The van der Waals surface area contributed by atoms with Crippen molar-refractivity contribution in [2.24, 2.45) is 0 Å². The number of hydrogen-bond acceptors (Lipinski definition) is 1. The highest BCUT2D eigenvalue weighted by atomic mass is 35.5. The van der Waals surface area contributed by atoms with E-state index in [2.05, 4.69) is 0 Å². The minimum Gasteiger partial charge on any atom is -0.304 e. The molecule has 3 heteroatoms.